The summed E-state index contributed by atoms with van der Waals surface area (Å²) in [5.74, 6) is 0. The fourth-order valence-corrected chi connectivity index (χ4v) is 1.10. The average molecular weight is 194 g/mol. The monoisotopic (exact) mass is 194 g/mol. The van der Waals surface area contributed by atoms with E-state index >= 15 is 0 Å². The van der Waals surface area contributed by atoms with Crippen molar-refractivity contribution in [1.82, 2.24) is 4.90 Å². The maximum atomic E-state index is 9.75. The summed E-state index contributed by atoms with van der Waals surface area (Å²) < 4.78 is 39.0. The summed E-state index contributed by atoms with van der Waals surface area (Å²) in [5.41, 5.74) is 0. The van der Waals surface area contributed by atoms with Gasteiger partial charge in [0.15, 0.2) is 0 Å². The van der Waals surface area contributed by atoms with Gasteiger partial charge in [-0.05, 0) is 32.5 Å². The van der Waals surface area contributed by atoms with Crippen molar-refractivity contribution in [3.63, 3.8) is 0 Å². The van der Waals surface area contributed by atoms with Gasteiger partial charge in [-0.15, -0.1) is 0 Å². The zero-order valence-corrected chi connectivity index (χ0v) is 8.07. The summed E-state index contributed by atoms with van der Waals surface area (Å²) in [7, 11) is -6.00. The van der Waals surface area contributed by atoms with Crippen molar-refractivity contribution < 1.29 is 37.5 Å². The minimum atomic E-state index is -6.00. The number of rotatable bonds is 1. The van der Waals surface area contributed by atoms with Crippen LogP contribution in [0.25, 0.3) is 0 Å². The van der Waals surface area contributed by atoms with Gasteiger partial charge in [-0.2, -0.15) is 0 Å². The molecule has 0 amide bonds. The van der Waals surface area contributed by atoms with Crippen molar-refractivity contribution in [2.75, 3.05) is 19.6 Å². The molecule has 0 saturated carbocycles. The molecule has 1 rings (SSSR count). The SMILES string of the molecule is CCN1CCCC1.F[B-](F)(F)F.[H-].[Li+]. The van der Waals surface area contributed by atoms with Crippen molar-refractivity contribution in [2.45, 2.75) is 19.8 Å². The molecular formula is C6H14BF4LiN-. The Morgan fingerprint density at radius 3 is 1.62 bits per heavy atom. The van der Waals surface area contributed by atoms with Gasteiger partial charge >= 0.3 is 26.1 Å². The van der Waals surface area contributed by atoms with Crippen LogP contribution in [0.2, 0.25) is 0 Å². The summed E-state index contributed by atoms with van der Waals surface area (Å²) in [6.45, 7) is 6.16. The molecule has 1 nitrogen and oxygen atoms in total. The summed E-state index contributed by atoms with van der Waals surface area (Å²) in [6.07, 6.45) is 2.85. The van der Waals surface area contributed by atoms with Crippen LogP contribution < -0.4 is 18.9 Å². The fourth-order valence-electron chi connectivity index (χ4n) is 1.10. The molecule has 1 fully saturated rings. The molecule has 7 heteroatoms. The van der Waals surface area contributed by atoms with E-state index in [9.17, 15) is 17.3 Å². The van der Waals surface area contributed by atoms with Crippen LogP contribution in [0.15, 0.2) is 0 Å². The summed E-state index contributed by atoms with van der Waals surface area (Å²) in [4.78, 5) is 2.49. The Bertz CT molecular complexity index is 115. The van der Waals surface area contributed by atoms with Crippen molar-refractivity contribution in [3.8, 4) is 0 Å². The molecule has 1 aliphatic rings. The molecular weight excluding hydrogens is 180 g/mol. The van der Waals surface area contributed by atoms with Crippen LogP contribution in [0.3, 0.4) is 0 Å². The Balaban J connectivity index is -0.000000159. The molecule has 13 heavy (non-hydrogen) atoms. The van der Waals surface area contributed by atoms with Crippen LogP contribution in [-0.2, 0) is 0 Å². The van der Waals surface area contributed by atoms with Gasteiger partial charge in [-0.25, -0.2) is 0 Å². The van der Waals surface area contributed by atoms with Gasteiger partial charge in [0.2, 0.25) is 0 Å². The van der Waals surface area contributed by atoms with E-state index in [-0.39, 0.29) is 20.3 Å². The molecule has 0 aliphatic carbocycles. The average Bonchev–Trinajstić information content (AvgIpc) is 2.33. The largest absolute Gasteiger partial charge is 1.00 e. The molecule has 1 heterocycles. The quantitative estimate of drug-likeness (QED) is 0.402. The third-order valence-corrected chi connectivity index (χ3v) is 1.65. The maximum Gasteiger partial charge on any atom is 1.00 e. The third-order valence-electron chi connectivity index (χ3n) is 1.65. The van der Waals surface area contributed by atoms with Crippen LogP contribution in [0.5, 0.6) is 0 Å². The van der Waals surface area contributed by atoms with E-state index in [1.807, 2.05) is 0 Å². The first-order chi connectivity index (χ1) is 5.43. The number of hydrogen-bond acceptors (Lipinski definition) is 1. The minimum Gasteiger partial charge on any atom is -1.00 e. The van der Waals surface area contributed by atoms with E-state index < -0.39 is 7.25 Å². The second-order valence-electron chi connectivity index (χ2n) is 2.64. The Labute approximate surface area is 89.6 Å². The van der Waals surface area contributed by atoms with Crippen molar-refractivity contribution in [3.05, 3.63) is 0 Å². The Morgan fingerprint density at radius 2 is 1.46 bits per heavy atom. The number of halogens is 4. The van der Waals surface area contributed by atoms with Gasteiger partial charge in [0.25, 0.3) is 0 Å². The van der Waals surface area contributed by atoms with Crippen LogP contribution in [0.4, 0.5) is 17.3 Å². The van der Waals surface area contributed by atoms with Crippen molar-refractivity contribution in [1.29, 1.82) is 0 Å². The second kappa shape index (κ2) is 7.72. The smallest absolute Gasteiger partial charge is 1.00 e. The first-order valence-electron chi connectivity index (χ1n) is 4.03. The molecule has 0 spiro atoms. The standard InChI is InChI=1S/C6H13N.BF4.Li.H/c1-2-7-5-3-4-6-7;2-1(3,4)5;;/h2-6H2,1H3;;;/q;-1;+1;-1. The normalized spacial score (nSPS) is 17.3. The third kappa shape index (κ3) is 15.1. The molecule has 0 aromatic rings. The second-order valence-corrected chi connectivity index (χ2v) is 2.64. The molecule has 0 aromatic carbocycles. The minimum absolute atomic E-state index is 0. The molecule has 0 aromatic heterocycles. The first kappa shape index (κ1) is 15.8. The van der Waals surface area contributed by atoms with Crippen LogP contribution in [0, 0.1) is 0 Å². The summed E-state index contributed by atoms with van der Waals surface area (Å²) >= 11 is 0. The van der Waals surface area contributed by atoms with E-state index in [2.05, 4.69) is 11.8 Å². The molecule has 1 saturated heterocycles. The zero-order chi connectivity index (χ0) is 9.61. The van der Waals surface area contributed by atoms with Gasteiger partial charge in [0.1, 0.15) is 0 Å². The molecule has 1 aliphatic heterocycles. The van der Waals surface area contributed by atoms with Crippen LogP contribution in [0.1, 0.15) is 21.2 Å². The van der Waals surface area contributed by atoms with E-state index in [1.54, 1.807) is 0 Å². The van der Waals surface area contributed by atoms with Gasteiger partial charge in [0, 0.05) is 0 Å². The number of hydrogen-bond donors (Lipinski definition) is 0. The Morgan fingerprint density at radius 1 is 1.15 bits per heavy atom. The molecule has 0 radical (unpaired) electrons. The predicted octanol–water partition coefficient (Wildman–Crippen LogP) is -0.481. The molecule has 0 unspecified atom stereocenters. The van der Waals surface area contributed by atoms with Gasteiger partial charge in [-0.1, -0.05) is 6.92 Å². The van der Waals surface area contributed by atoms with E-state index in [4.69, 9.17) is 0 Å². The molecule has 0 atom stereocenters. The van der Waals surface area contributed by atoms with E-state index in [1.165, 1.54) is 32.5 Å². The van der Waals surface area contributed by atoms with Gasteiger partial charge in [0.05, 0.1) is 0 Å². The fraction of sp³-hybridized carbons (Fsp3) is 1.00. The maximum absolute atomic E-state index is 9.75. The topological polar surface area (TPSA) is 3.24 Å². The van der Waals surface area contributed by atoms with E-state index in [0.29, 0.717) is 0 Å². The Hall–Kier alpha value is 0.342. The first-order valence-corrected chi connectivity index (χ1v) is 4.03. The van der Waals surface area contributed by atoms with Crippen LogP contribution in [-0.4, -0.2) is 31.8 Å². The zero-order valence-electron chi connectivity index (χ0n) is 9.07. The molecule has 76 valence electrons. The predicted molar refractivity (Wildman–Crippen MR) is 42.6 cm³/mol. The number of nitrogens with zero attached hydrogens (tertiary/aromatic N) is 1. The Kier molecular flexibility index (Phi) is 9.38. The molecule has 0 N–H and O–H groups in total. The van der Waals surface area contributed by atoms with Gasteiger partial charge < -0.3 is 23.6 Å². The van der Waals surface area contributed by atoms with E-state index in [0.717, 1.165) is 0 Å². The van der Waals surface area contributed by atoms with Crippen molar-refractivity contribution >= 4 is 7.25 Å². The van der Waals surface area contributed by atoms with Gasteiger partial charge in [-0.3, -0.25) is 0 Å². The van der Waals surface area contributed by atoms with Crippen molar-refractivity contribution in [2.24, 2.45) is 0 Å². The summed E-state index contributed by atoms with van der Waals surface area (Å²) in [5, 5.41) is 0. The molecule has 0 bridgehead atoms. The number of likely N-dealkylation sites (tertiary alicyclic amines) is 1. The van der Waals surface area contributed by atoms with Crippen LogP contribution >= 0.6 is 0 Å². The summed E-state index contributed by atoms with van der Waals surface area (Å²) in [6, 6.07) is 0.